The van der Waals surface area contributed by atoms with E-state index in [-0.39, 0.29) is 12.1 Å². The summed E-state index contributed by atoms with van der Waals surface area (Å²) in [6.07, 6.45) is 5.74. The molecule has 0 aromatic carbocycles. The third-order valence-electron chi connectivity index (χ3n) is 4.21. The fraction of sp³-hybridized carbons (Fsp3) is 0.389. The Hall–Kier alpha value is -2.63. The second-order valence-electron chi connectivity index (χ2n) is 6.17. The average Bonchev–Trinajstić information content (AvgIpc) is 2.57. The first-order valence-electron chi connectivity index (χ1n) is 8.38. The van der Waals surface area contributed by atoms with Gasteiger partial charge in [-0.15, -0.1) is 0 Å². The Labute approximate surface area is 142 Å². The van der Waals surface area contributed by atoms with E-state index >= 15 is 0 Å². The van der Waals surface area contributed by atoms with Gasteiger partial charge in [0.2, 0.25) is 0 Å². The molecule has 1 saturated carbocycles. The summed E-state index contributed by atoms with van der Waals surface area (Å²) in [5.74, 6) is 1.50. The summed E-state index contributed by atoms with van der Waals surface area (Å²) < 4.78 is 0. The van der Waals surface area contributed by atoms with Crippen molar-refractivity contribution in [1.82, 2.24) is 15.3 Å². The lowest BCUT2D eigenvalue weighted by atomic mass is 9.91. The van der Waals surface area contributed by atoms with E-state index in [9.17, 15) is 4.79 Å². The number of aryl methyl sites for hydroxylation is 1. The number of aromatic nitrogens is 2. The van der Waals surface area contributed by atoms with Gasteiger partial charge < -0.3 is 10.6 Å². The van der Waals surface area contributed by atoms with Crippen LogP contribution in [0.3, 0.4) is 0 Å². The van der Waals surface area contributed by atoms with Gasteiger partial charge in [0.1, 0.15) is 11.6 Å². The molecule has 6 heteroatoms. The van der Waals surface area contributed by atoms with Gasteiger partial charge in [-0.25, -0.2) is 14.8 Å². The van der Waals surface area contributed by atoms with Crippen LogP contribution in [0.5, 0.6) is 0 Å². The third kappa shape index (κ3) is 4.68. The lowest BCUT2D eigenvalue weighted by molar-refractivity contribution is 0.243. The van der Waals surface area contributed by atoms with Crippen molar-refractivity contribution in [1.29, 1.82) is 0 Å². The van der Waals surface area contributed by atoms with Gasteiger partial charge in [-0.05, 0) is 56.9 Å². The Morgan fingerprint density at radius 1 is 1.00 bits per heavy atom. The van der Waals surface area contributed by atoms with Gasteiger partial charge in [0.05, 0.1) is 0 Å². The van der Waals surface area contributed by atoms with E-state index in [1.165, 1.54) is 0 Å². The number of anilines is 2. The monoisotopic (exact) mass is 325 g/mol. The van der Waals surface area contributed by atoms with Gasteiger partial charge in [-0.1, -0.05) is 12.1 Å². The predicted octanol–water partition coefficient (Wildman–Crippen LogP) is 3.33. The van der Waals surface area contributed by atoms with E-state index in [4.69, 9.17) is 0 Å². The van der Waals surface area contributed by atoms with E-state index in [1.54, 1.807) is 12.3 Å². The van der Waals surface area contributed by atoms with E-state index in [0.29, 0.717) is 11.9 Å². The van der Waals surface area contributed by atoms with Crippen LogP contribution >= 0.6 is 0 Å². The predicted molar refractivity (Wildman–Crippen MR) is 95.0 cm³/mol. The molecule has 0 saturated heterocycles. The maximum Gasteiger partial charge on any atom is 0.320 e. The van der Waals surface area contributed by atoms with Crippen LogP contribution in [0.4, 0.5) is 16.4 Å². The molecule has 6 nitrogen and oxygen atoms in total. The summed E-state index contributed by atoms with van der Waals surface area (Å²) >= 11 is 0. The molecule has 0 spiro atoms. The average molecular weight is 325 g/mol. The van der Waals surface area contributed by atoms with Crippen molar-refractivity contribution < 1.29 is 4.79 Å². The minimum Gasteiger partial charge on any atom is -0.367 e. The lowest BCUT2D eigenvalue weighted by Gasteiger charge is -2.29. The highest BCUT2D eigenvalue weighted by Crippen LogP contribution is 2.21. The van der Waals surface area contributed by atoms with E-state index in [1.807, 2.05) is 37.3 Å². The summed E-state index contributed by atoms with van der Waals surface area (Å²) in [6, 6.07) is 11.9. The summed E-state index contributed by atoms with van der Waals surface area (Å²) in [4.78, 5) is 20.6. The smallest absolute Gasteiger partial charge is 0.320 e. The molecule has 2 heterocycles. The standard InChI is InChI=1S/C18H23N5O/c1-13-5-4-7-17(20-13)23-18(24)22-15-10-8-14(9-11-15)21-16-6-2-3-12-19-16/h2-7,12,14-15H,8-11H2,1H3,(H,19,21)(H2,20,22,23,24). The van der Waals surface area contributed by atoms with Gasteiger partial charge in [0.15, 0.2) is 0 Å². The highest BCUT2D eigenvalue weighted by molar-refractivity contribution is 5.88. The van der Waals surface area contributed by atoms with Crippen LogP contribution in [0.25, 0.3) is 0 Å². The third-order valence-corrected chi connectivity index (χ3v) is 4.21. The van der Waals surface area contributed by atoms with Crippen LogP contribution < -0.4 is 16.0 Å². The van der Waals surface area contributed by atoms with Crippen molar-refractivity contribution in [2.45, 2.75) is 44.7 Å². The molecule has 2 aromatic rings. The molecule has 0 radical (unpaired) electrons. The maximum absolute atomic E-state index is 12.1. The second-order valence-corrected chi connectivity index (χ2v) is 6.17. The highest BCUT2D eigenvalue weighted by atomic mass is 16.2. The number of carbonyl (C=O) groups excluding carboxylic acids is 1. The second kappa shape index (κ2) is 7.77. The molecule has 1 fully saturated rings. The van der Waals surface area contributed by atoms with Crippen LogP contribution in [0.2, 0.25) is 0 Å². The molecule has 3 rings (SSSR count). The summed E-state index contributed by atoms with van der Waals surface area (Å²) in [5.41, 5.74) is 0.883. The molecule has 0 unspecified atom stereocenters. The molecule has 3 N–H and O–H groups in total. The van der Waals surface area contributed by atoms with Gasteiger partial charge >= 0.3 is 6.03 Å². The fourth-order valence-corrected chi connectivity index (χ4v) is 2.99. The number of amides is 2. The minimum absolute atomic E-state index is 0.186. The lowest BCUT2D eigenvalue weighted by Crippen LogP contribution is -2.42. The van der Waals surface area contributed by atoms with Crippen molar-refractivity contribution in [2.24, 2.45) is 0 Å². The number of nitrogens with zero attached hydrogens (tertiary/aromatic N) is 2. The molecule has 1 aliphatic carbocycles. The first kappa shape index (κ1) is 16.2. The number of carbonyl (C=O) groups is 1. The molecule has 126 valence electrons. The van der Waals surface area contributed by atoms with E-state index < -0.39 is 0 Å². The van der Waals surface area contributed by atoms with Gasteiger partial charge in [-0.2, -0.15) is 0 Å². The van der Waals surface area contributed by atoms with Crippen LogP contribution in [0.15, 0.2) is 42.6 Å². The number of urea groups is 1. The fourth-order valence-electron chi connectivity index (χ4n) is 2.99. The van der Waals surface area contributed by atoms with Gasteiger partial charge in [-0.3, -0.25) is 5.32 Å². The normalized spacial score (nSPS) is 20.2. The minimum atomic E-state index is -0.186. The topological polar surface area (TPSA) is 78.9 Å². The first-order valence-corrected chi connectivity index (χ1v) is 8.38. The van der Waals surface area contributed by atoms with Crippen molar-refractivity contribution in [3.05, 3.63) is 48.3 Å². The van der Waals surface area contributed by atoms with Crippen molar-refractivity contribution in [2.75, 3.05) is 10.6 Å². The molecule has 0 atom stereocenters. The number of rotatable bonds is 4. The van der Waals surface area contributed by atoms with Crippen LogP contribution in [-0.2, 0) is 0 Å². The number of pyridine rings is 2. The molecule has 0 bridgehead atoms. The van der Waals surface area contributed by atoms with Crippen LogP contribution in [0.1, 0.15) is 31.4 Å². The summed E-state index contributed by atoms with van der Waals surface area (Å²) in [5, 5.41) is 9.28. The van der Waals surface area contributed by atoms with Gasteiger partial charge in [0.25, 0.3) is 0 Å². The zero-order valence-electron chi connectivity index (χ0n) is 13.8. The highest BCUT2D eigenvalue weighted by Gasteiger charge is 2.22. The number of hydrogen-bond acceptors (Lipinski definition) is 4. The summed E-state index contributed by atoms with van der Waals surface area (Å²) in [6.45, 7) is 1.90. The Morgan fingerprint density at radius 3 is 2.46 bits per heavy atom. The van der Waals surface area contributed by atoms with Crippen molar-refractivity contribution in [3.63, 3.8) is 0 Å². The Kier molecular flexibility index (Phi) is 5.25. The zero-order chi connectivity index (χ0) is 16.8. The van der Waals surface area contributed by atoms with Gasteiger partial charge in [0, 0.05) is 24.0 Å². The molecular formula is C18H23N5O. The molecule has 0 aliphatic heterocycles. The zero-order valence-corrected chi connectivity index (χ0v) is 13.8. The maximum atomic E-state index is 12.1. The van der Waals surface area contributed by atoms with Crippen molar-refractivity contribution in [3.8, 4) is 0 Å². The number of hydrogen-bond donors (Lipinski definition) is 3. The summed E-state index contributed by atoms with van der Waals surface area (Å²) in [7, 11) is 0. The first-order chi connectivity index (χ1) is 11.7. The van der Waals surface area contributed by atoms with E-state index in [0.717, 1.165) is 37.2 Å². The molecule has 1 aliphatic rings. The van der Waals surface area contributed by atoms with Crippen molar-refractivity contribution >= 4 is 17.7 Å². The SMILES string of the molecule is Cc1cccc(NC(=O)NC2CCC(Nc3ccccn3)CC2)n1. The Balaban J connectivity index is 1.42. The molecule has 24 heavy (non-hydrogen) atoms. The molecular weight excluding hydrogens is 302 g/mol. The van der Waals surface area contributed by atoms with E-state index in [2.05, 4.69) is 25.9 Å². The quantitative estimate of drug-likeness (QED) is 0.805. The molecule has 2 amide bonds. The Bertz CT molecular complexity index is 668. The van der Waals surface area contributed by atoms with Crippen LogP contribution in [-0.4, -0.2) is 28.1 Å². The number of nitrogens with one attached hydrogen (secondary N) is 3. The largest absolute Gasteiger partial charge is 0.367 e. The van der Waals surface area contributed by atoms with Crippen LogP contribution in [0, 0.1) is 6.92 Å². The Morgan fingerprint density at radius 2 is 1.75 bits per heavy atom. The molecule has 2 aromatic heterocycles.